The van der Waals surface area contributed by atoms with Crippen molar-refractivity contribution in [2.45, 2.75) is 32.2 Å². The van der Waals surface area contributed by atoms with Crippen LogP contribution in [0.15, 0.2) is 22.7 Å². The molecule has 2 unspecified atom stereocenters. The van der Waals surface area contributed by atoms with Gasteiger partial charge in [0.05, 0.1) is 11.4 Å². The molecule has 1 aromatic carbocycles. The Balaban J connectivity index is 2.13. The minimum Gasteiger partial charge on any atom is -0.328 e. The molecule has 6 heteroatoms. The van der Waals surface area contributed by atoms with Gasteiger partial charge in [-0.05, 0) is 37.5 Å². The summed E-state index contributed by atoms with van der Waals surface area (Å²) in [6.45, 7) is 1.43. The van der Waals surface area contributed by atoms with Gasteiger partial charge in [0.1, 0.15) is 0 Å². The fourth-order valence-corrected chi connectivity index (χ4v) is 2.77. The first kappa shape index (κ1) is 15.0. The van der Waals surface area contributed by atoms with E-state index in [4.69, 9.17) is 5.73 Å². The van der Waals surface area contributed by atoms with Crippen LogP contribution >= 0.6 is 15.9 Å². The van der Waals surface area contributed by atoms with Gasteiger partial charge in [0.15, 0.2) is 0 Å². The van der Waals surface area contributed by atoms with Gasteiger partial charge in [0, 0.05) is 23.4 Å². The molecule has 0 heterocycles. The third-order valence-corrected chi connectivity index (χ3v) is 3.89. The van der Waals surface area contributed by atoms with E-state index in [-0.39, 0.29) is 23.8 Å². The van der Waals surface area contributed by atoms with Gasteiger partial charge >= 0.3 is 0 Å². The molecule has 2 atom stereocenters. The van der Waals surface area contributed by atoms with Crippen molar-refractivity contribution in [3.8, 4) is 0 Å². The van der Waals surface area contributed by atoms with Crippen LogP contribution in [0.2, 0.25) is 0 Å². The molecule has 0 aliphatic heterocycles. The number of anilines is 2. The van der Waals surface area contributed by atoms with E-state index in [2.05, 4.69) is 26.6 Å². The van der Waals surface area contributed by atoms with Crippen LogP contribution in [0.5, 0.6) is 0 Å². The summed E-state index contributed by atoms with van der Waals surface area (Å²) in [5.74, 6) is -0.262. The number of hydrogen-bond donors (Lipinski definition) is 3. The van der Waals surface area contributed by atoms with E-state index < -0.39 is 0 Å². The monoisotopic (exact) mass is 339 g/mol. The first-order valence-electron chi connectivity index (χ1n) is 6.59. The van der Waals surface area contributed by atoms with E-state index in [1.807, 2.05) is 6.07 Å². The number of carbonyl (C=O) groups is 2. The maximum atomic E-state index is 12.2. The summed E-state index contributed by atoms with van der Waals surface area (Å²) in [6.07, 6.45) is 2.42. The number of amides is 2. The normalized spacial score (nSPS) is 21.6. The maximum Gasteiger partial charge on any atom is 0.227 e. The Morgan fingerprint density at radius 3 is 2.60 bits per heavy atom. The van der Waals surface area contributed by atoms with Crippen LogP contribution in [-0.4, -0.2) is 17.9 Å². The van der Waals surface area contributed by atoms with Gasteiger partial charge in [-0.25, -0.2) is 0 Å². The molecule has 0 saturated heterocycles. The standard InChI is InChI=1S/C14H18BrN3O2/c1-8(19)17-12-5-3-10(15)7-13(12)18-14(20)9-2-4-11(16)6-9/h3,5,7,9,11H,2,4,6,16H2,1H3,(H,17,19)(H,18,20). The molecule has 1 fully saturated rings. The van der Waals surface area contributed by atoms with Crippen molar-refractivity contribution in [2.75, 3.05) is 10.6 Å². The predicted octanol–water partition coefficient (Wildman–Crippen LogP) is 2.47. The molecule has 0 bridgehead atoms. The fraction of sp³-hybridized carbons (Fsp3) is 0.429. The Morgan fingerprint density at radius 2 is 2.00 bits per heavy atom. The highest BCUT2D eigenvalue weighted by molar-refractivity contribution is 9.10. The lowest BCUT2D eigenvalue weighted by Gasteiger charge is -2.15. The number of hydrogen-bond acceptors (Lipinski definition) is 3. The molecule has 108 valence electrons. The molecule has 0 radical (unpaired) electrons. The smallest absolute Gasteiger partial charge is 0.227 e. The molecule has 1 saturated carbocycles. The lowest BCUT2D eigenvalue weighted by molar-refractivity contribution is -0.119. The molecule has 2 rings (SSSR count). The average Bonchev–Trinajstić information content (AvgIpc) is 2.79. The zero-order valence-electron chi connectivity index (χ0n) is 11.3. The second kappa shape index (κ2) is 6.37. The van der Waals surface area contributed by atoms with Gasteiger partial charge in [0.2, 0.25) is 11.8 Å². The third-order valence-electron chi connectivity index (χ3n) is 3.39. The summed E-state index contributed by atoms with van der Waals surface area (Å²) < 4.78 is 0.838. The highest BCUT2D eigenvalue weighted by Gasteiger charge is 2.28. The van der Waals surface area contributed by atoms with E-state index in [9.17, 15) is 9.59 Å². The van der Waals surface area contributed by atoms with E-state index in [0.29, 0.717) is 11.4 Å². The summed E-state index contributed by atoms with van der Waals surface area (Å²) in [5, 5.41) is 5.59. The molecular weight excluding hydrogens is 322 g/mol. The van der Waals surface area contributed by atoms with Crippen LogP contribution < -0.4 is 16.4 Å². The Bertz CT molecular complexity index is 533. The van der Waals surface area contributed by atoms with Crippen LogP contribution in [0.4, 0.5) is 11.4 Å². The minimum absolute atomic E-state index is 0.0392. The Hall–Kier alpha value is -1.40. The van der Waals surface area contributed by atoms with Crippen molar-refractivity contribution in [3.63, 3.8) is 0 Å². The highest BCUT2D eigenvalue weighted by Crippen LogP contribution is 2.29. The predicted molar refractivity (Wildman–Crippen MR) is 82.4 cm³/mol. The van der Waals surface area contributed by atoms with Gasteiger partial charge in [-0.1, -0.05) is 15.9 Å². The lowest BCUT2D eigenvalue weighted by atomic mass is 10.1. The molecule has 1 aliphatic carbocycles. The zero-order chi connectivity index (χ0) is 14.7. The summed E-state index contributed by atoms with van der Waals surface area (Å²) in [4.78, 5) is 23.4. The van der Waals surface area contributed by atoms with Gasteiger partial charge in [-0.3, -0.25) is 9.59 Å². The van der Waals surface area contributed by atoms with Crippen molar-refractivity contribution >= 4 is 39.1 Å². The van der Waals surface area contributed by atoms with E-state index in [1.165, 1.54) is 6.92 Å². The number of nitrogens with two attached hydrogens (primary N) is 1. The molecule has 1 aliphatic rings. The Morgan fingerprint density at radius 1 is 1.25 bits per heavy atom. The maximum absolute atomic E-state index is 12.2. The fourth-order valence-electron chi connectivity index (χ4n) is 2.41. The first-order chi connectivity index (χ1) is 9.45. The zero-order valence-corrected chi connectivity index (χ0v) is 12.9. The number of nitrogens with one attached hydrogen (secondary N) is 2. The van der Waals surface area contributed by atoms with Gasteiger partial charge in [0.25, 0.3) is 0 Å². The molecular formula is C14H18BrN3O2. The molecule has 4 N–H and O–H groups in total. The minimum atomic E-state index is -0.175. The Labute approximate surface area is 126 Å². The van der Waals surface area contributed by atoms with Gasteiger partial charge in [-0.2, -0.15) is 0 Å². The second-order valence-electron chi connectivity index (χ2n) is 5.13. The summed E-state index contributed by atoms with van der Waals surface area (Å²) in [6, 6.07) is 5.45. The summed E-state index contributed by atoms with van der Waals surface area (Å²) in [7, 11) is 0. The second-order valence-corrected chi connectivity index (χ2v) is 6.05. The van der Waals surface area contributed by atoms with Crippen molar-refractivity contribution in [1.82, 2.24) is 0 Å². The summed E-state index contributed by atoms with van der Waals surface area (Å²) in [5.41, 5.74) is 7.02. The van der Waals surface area contributed by atoms with Crippen molar-refractivity contribution in [3.05, 3.63) is 22.7 Å². The third kappa shape index (κ3) is 3.80. The number of halogens is 1. The molecule has 20 heavy (non-hydrogen) atoms. The molecule has 2 amide bonds. The van der Waals surface area contributed by atoms with E-state index in [0.717, 1.165) is 23.7 Å². The SMILES string of the molecule is CC(=O)Nc1ccc(Br)cc1NC(=O)C1CCC(N)C1. The van der Waals surface area contributed by atoms with Crippen molar-refractivity contribution in [2.24, 2.45) is 11.7 Å². The van der Waals surface area contributed by atoms with Crippen LogP contribution in [-0.2, 0) is 9.59 Å². The highest BCUT2D eigenvalue weighted by atomic mass is 79.9. The van der Waals surface area contributed by atoms with Crippen LogP contribution in [0.1, 0.15) is 26.2 Å². The van der Waals surface area contributed by atoms with Crippen LogP contribution in [0, 0.1) is 5.92 Å². The first-order valence-corrected chi connectivity index (χ1v) is 7.38. The largest absolute Gasteiger partial charge is 0.328 e. The van der Waals surface area contributed by atoms with E-state index >= 15 is 0 Å². The average molecular weight is 340 g/mol. The molecule has 5 nitrogen and oxygen atoms in total. The Kier molecular flexibility index (Phi) is 4.77. The number of rotatable bonds is 3. The van der Waals surface area contributed by atoms with Crippen molar-refractivity contribution in [1.29, 1.82) is 0 Å². The van der Waals surface area contributed by atoms with Gasteiger partial charge < -0.3 is 16.4 Å². The van der Waals surface area contributed by atoms with E-state index in [1.54, 1.807) is 12.1 Å². The van der Waals surface area contributed by atoms with Crippen molar-refractivity contribution < 1.29 is 9.59 Å². The van der Waals surface area contributed by atoms with Gasteiger partial charge in [-0.15, -0.1) is 0 Å². The molecule has 1 aromatic rings. The van der Waals surface area contributed by atoms with Crippen LogP contribution in [0.3, 0.4) is 0 Å². The molecule has 0 aromatic heterocycles. The summed E-state index contributed by atoms with van der Waals surface area (Å²) >= 11 is 3.36. The quantitative estimate of drug-likeness (QED) is 0.790. The number of benzene rings is 1. The molecule has 0 spiro atoms. The topological polar surface area (TPSA) is 84.2 Å². The lowest BCUT2D eigenvalue weighted by Crippen LogP contribution is -2.24. The van der Waals surface area contributed by atoms with Crippen LogP contribution in [0.25, 0.3) is 0 Å². The number of carbonyl (C=O) groups excluding carboxylic acids is 2.